The predicted molar refractivity (Wildman–Crippen MR) is 110 cm³/mol. The van der Waals surface area contributed by atoms with Gasteiger partial charge in [0.05, 0.1) is 23.0 Å². The summed E-state index contributed by atoms with van der Waals surface area (Å²) in [7, 11) is 0. The van der Waals surface area contributed by atoms with Gasteiger partial charge in [0.25, 0.3) is 5.91 Å². The number of hydrogen-bond donors (Lipinski definition) is 4. The van der Waals surface area contributed by atoms with Crippen molar-refractivity contribution in [2.45, 2.75) is 12.6 Å². The van der Waals surface area contributed by atoms with Crippen LogP contribution in [0.3, 0.4) is 0 Å². The summed E-state index contributed by atoms with van der Waals surface area (Å²) in [6.45, 7) is 0.977. The van der Waals surface area contributed by atoms with Crippen LogP contribution in [0.25, 0.3) is 33.7 Å². The summed E-state index contributed by atoms with van der Waals surface area (Å²) in [6.07, 6.45) is -2.17. The van der Waals surface area contributed by atoms with E-state index in [0.717, 1.165) is 17.6 Å². The zero-order chi connectivity index (χ0) is 22.0. The number of fused-ring (bicyclic) bond motifs is 1. The highest BCUT2D eigenvalue weighted by atomic mass is 19.4. The highest BCUT2D eigenvalue weighted by Gasteiger charge is 2.30. The molecule has 0 spiro atoms. The molecule has 0 bridgehead atoms. The van der Waals surface area contributed by atoms with E-state index in [1.807, 2.05) is 0 Å². The molecule has 10 heteroatoms. The summed E-state index contributed by atoms with van der Waals surface area (Å²) in [5.74, 6) is 0.217. The Morgan fingerprint density at radius 2 is 1.90 bits per heavy atom. The first-order chi connectivity index (χ1) is 14.9. The molecule has 2 aromatic heterocycles. The van der Waals surface area contributed by atoms with Crippen molar-refractivity contribution in [2.75, 3.05) is 13.1 Å². The van der Waals surface area contributed by atoms with E-state index in [2.05, 4.69) is 25.5 Å². The van der Waals surface area contributed by atoms with Gasteiger partial charge in [-0.1, -0.05) is 12.1 Å². The zero-order valence-corrected chi connectivity index (χ0v) is 16.3. The van der Waals surface area contributed by atoms with Gasteiger partial charge in [0.15, 0.2) is 5.82 Å². The van der Waals surface area contributed by atoms with Gasteiger partial charge in [-0.3, -0.25) is 9.89 Å². The number of aromatic nitrogens is 4. The van der Waals surface area contributed by atoms with E-state index in [9.17, 15) is 18.0 Å². The number of rotatable bonds is 6. The quantitative estimate of drug-likeness (QED) is 0.351. The van der Waals surface area contributed by atoms with Crippen molar-refractivity contribution in [3.63, 3.8) is 0 Å². The van der Waals surface area contributed by atoms with Gasteiger partial charge in [-0.05, 0) is 48.9 Å². The number of alkyl halides is 3. The van der Waals surface area contributed by atoms with Crippen LogP contribution in [0, 0.1) is 0 Å². The van der Waals surface area contributed by atoms with Gasteiger partial charge in [0.1, 0.15) is 5.69 Å². The molecule has 4 rings (SSSR count). The first-order valence-corrected chi connectivity index (χ1v) is 9.56. The zero-order valence-electron chi connectivity index (χ0n) is 16.3. The molecule has 0 fully saturated rings. The maximum Gasteiger partial charge on any atom is 0.416 e. The summed E-state index contributed by atoms with van der Waals surface area (Å²) in [4.78, 5) is 19.7. The Hall–Kier alpha value is -3.66. The van der Waals surface area contributed by atoms with E-state index >= 15 is 0 Å². The Morgan fingerprint density at radius 3 is 2.61 bits per heavy atom. The Kier molecular flexibility index (Phi) is 5.47. The third-order valence-electron chi connectivity index (χ3n) is 4.81. The van der Waals surface area contributed by atoms with E-state index in [0.29, 0.717) is 53.2 Å². The average Bonchev–Trinajstić information content (AvgIpc) is 3.40. The highest BCUT2D eigenvalue weighted by molar-refractivity contribution is 6.01. The lowest BCUT2D eigenvalue weighted by molar-refractivity contribution is -0.137. The van der Waals surface area contributed by atoms with Crippen molar-refractivity contribution in [1.29, 1.82) is 0 Å². The fourth-order valence-corrected chi connectivity index (χ4v) is 3.17. The molecule has 0 saturated heterocycles. The van der Waals surface area contributed by atoms with Crippen LogP contribution in [0.15, 0.2) is 48.7 Å². The lowest BCUT2D eigenvalue weighted by atomic mass is 10.1. The van der Waals surface area contributed by atoms with Crippen LogP contribution in [0.5, 0.6) is 0 Å². The minimum absolute atomic E-state index is 0.215. The second-order valence-corrected chi connectivity index (χ2v) is 6.95. The van der Waals surface area contributed by atoms with E-state index < -0.39 is 11.7 Å². The molecule has 0 unspecified atom stereocenters. The molecule has 0 aliphatic carbocycles. The van der Waals surface area contributed by atoms with Crippen molar-refractivity contribution in [3.8, 4) is 22.8 Å². The summed E-state index contributed by atoms with van der Waals surface area (Å²) in [6, 6.07) is 9.97. The summed E-state index contributed by atoms with van der Waals surface area (Å²) >= 11 is 0. The molecule has 2 aromatic carbocycles. The second kappa shape index (κ2) is 8.23. The molecular weight excluding hydrogens is 409 g/mol. The monoisotopic (exact) mass is 428 g/mol. The normalized spacial score (nSPS) is 11.7. The number of nitrogens with two attached hydrogens (primary N) is 1. The standard InChI is InChI=1S/C21H19F3N6O/c22-21(23,24)14-5-2-12(3-6-14)17-11-27-19(28-17)18-15-10-13(4-7-16(15)29-30-18)20(31)26-9-1-8-25/h2-7,10-11H,1,8-9,25H2,(H,26,31)(H,27,28)(H,29,30). The molecule has 2 heterocycles. The molecule has 1 amide bonds. The van der Waals surface area contributed by atoms with Crippen LogP contribution in [0.4, 0.5) is 13.2 Å². The highest BCUT2D eigenvalue weighted by Crippen LogP contribution is 2.31. The molecule has 0 aliphatic heterocycles. The van der Waals surface area contributed by atoms with Gasteiger partial charge in [-0.2, -0.15) is 18.3 Å². The minimum atomic E-state index is -4.39. The van der Waals surface area contributed by atoms with Crippen LogP contribution in [-0.2, 0) is 6.18 Å². The molecule has 160 valence electrons. The third kappa shape index (κ3) is 4.29. The number of aromatic amines is 2. The molecule has 31 heavy (non-hydrogen) atoms. The maximum absolute atomic E-state index is 12.8. The fraction of sp³-hybridized carbons (Fsp3) is 0.190. The number of amides is 1. The second-order valence-electron chi connectivity index (χ2n) is 6.95. The molecule has 7 nitrogen and oxygen atoms in total. The van der Waals surface area contributed by atoms with Gasteiger partial charge >= 0.3 is 6.18 Å². The Morgan fingerprint density at radius 1 is 1.13 bits per heavy atom. The lowest BCUT2D eigenvalue weighted by Crippen LogP contribution is -2.25. The number of carbonyl (C=O) groups is 1. The van der Waals surface area contributed by atoms with Crippen LogP contribution < -0.4 is 11.1 Å². The van der Waals surface area contributed by atoms with Gasteiger partial charge < -0.3 is 16.0 Å². The molecule has 0 atom stereocenters. The smallest absolute Gasteiger partial charge is 0.352 e. The number of hydrogen-bond acceptors (Lipinski definition) is 4. The summed E-state index contributed by atoms with van der Waals surface area (Å²) < 4.78 is 38.3. The number of halogens is 3. The number of nitrogens with zero attached hydrogens (tertiary/aromatic N) is 2. The molecule has 4 aromatic rings. The van der Waals surface area contributed by atoms with Gasteiger partial charge in [0.2, 0.25) is 0 Å². The number of benzene rings is 2. The van der Waals surface area contributed by atoms with Crippen LogP contribution >= 0.6 is 0 Å². The Labute approximate surface area is 174 Å². The number of carbonyl (C=O) groups excluding carboxylic acids is 1. The minimum Gasteiger partial charge on any atom is -0.352 e. The van der Waals surface area contributed by atoms with Crippen LogP contribution in [0.2, 0.25) is 0 Å². The van der Waals surface area contributed by atoms with E-state index in [1.54, 1.807) is 18.2 Å². The Bertz CT molecular complexity index is 1210. The summed E-state index contributed by atoms with van der Waals surface area (Å²) in [5.41, 5.74) is 7.54. The SMILES string of the molecule is NCCCNC(=O)c1ccc2[nH]nc(-c3ncc(-c4ccc(C(F)(F)F)cc4)[nH]3)c2c1. The molecule has 0 aliphatic rings. The largest absolute Gasteiger partial charge is 0.416 e. The lowest BCUT2D eigenvalue weighted by Gasteiger charge is -2.06. The van der Waals surface area contributed by atoms with Gasteiger partial charge in [0, 0.05) is 17.5 Å². The maximum atomic E-state index is 12.8. The molecular formula is C21H19F3N6O. The number of H-pyrrole nitrogens is 2. The van der Waals surface area contributed by atoms with Crippen molar-refractivity contribution < 1.29 is 18.0 Å². The molecule has 0 saturated carbocycles. The summed E-state index contributed by atoms with van der Waals surface area (Å²) in [5, 5.41) is 10.7. The van der Waals surface area contributed by atoms with Crippen LogP contribution in [0.1, 0.15) is 22.3 Å². The van der Waals surface area contributed by atoms with Gasteiger partial charge in [-0.25, -0.2) is 4.98 Å². The topological polar surface area (TPSA) is 112 Å². The number of imidazole rings is 1. The van der Waals surface area contributed by atoms with Crippen molar-refractivity contribution in [3.05, 3.63) is 59.8 Å². The Balaban J connectivity index is 1.61. The third-order valence-corrected chi connectivity index (χ3v) is 4.81. The van der Waals surface area contributed by atoms with Crippen molar-refractivity contribution in [2.24, 2.45) is 5.73 Å². The van der Waals surface area contributed by atoms with E-state index in [4.69, 9.17) is 5.73 Å². The molecule has 0 radical (unpaired) electrons. The van der Waals surface area contributed by atoms with E-state index in [-0.39, 0.29) is 5.91 Å². The van der Waals surface area contributed by atoms with Gasteiger partial charge in [-0.15, -0.1) is 0 Å². The van der Waals surface area contributed by atoms with Crippen LogP contribution in [-0.4, -0.2) is 39.2 Å². The first-order valence-electron chi connectivity index (χ1n) is 9.56. The van der Waals surface area contributed by atoms with Crippen molar-refractivity contribution >= 4 is 16.8 Å². The fourth-order valence-electron chi connectivity index (χ4n) is 3.17. The average molecular weight is 428 g/mol. The predicted octanol–water partition coefficient (Wildman–Crippen LogP) is 3.72. The first kappa shape index (κ1) is 20.6. The molecule has 5 N–H and O–H groups in total. The number of nitrogens with one attached hydrogen (secondary N) is 3. The van der Waals surface area contributed by atoms with E-state index in [1.165, 1.54) is 18.3 Å². The van der Waals surface area contributed by atoms with Crippen molar-refractivity contribution in [1.82, 2.24) is 25.5 Å².